The lowest BCUT2D eigenvalue weighted by atomic mass is 10.3. The summed E-state index contributed by atoms with van der Waals surface area (Å²) in [6.07, 6.45) is 0. The van der Waals surface area contributed by atoms with Crippen molar-refractivity contribution in [1.82, 2.24) is 0 Å². The minimum atomic E-state index is 0.0173. The summed E-state index contributed by atoms with van der Waals surface area (Å²) in [6.45, 7) is 0. The van der Waals surface area contributed by atoms with Crippen molar-refractivity contribution in [1.29, 1.82) is 0 Å². The van der Waals surface area contributed by atoms with Crippen molar-refractivity contribution in [2.45, 2.75) is 0 Å². The van der Waals surface area contributed by atoms with Gasteiger partial charge in [0.25, 0.3) is 0 Å². The van der Waals surface area contributed by atoms with E-state index in [2.05, 4.69) is 0 Å². The van der Waals surface area contributed by atoms with Gasteiger partial charge in [-0.3, -0.25) is 0 Å². The van der Waals surface area contributed by atoms with Crippen LogP contribution in [0.25, 0.3) is 0 Å². The topological polar surface area (TPSA) is 26.0 Å². The molecule has 0 aliphatic heterocycles. The molecule has 0 atom stereocenters. The molecule has 0 aliphatic carbocycles. The zero-order valence-corrected chi connectivity index (χ0v) is 5.87. The van der Waals surface area contributed by atoms with Crippen LogP contribution in [0.4, 0.5) is 5.69 Å². The zero-order chi connectivity index (χ0) is 9.30. The minimum Gasteiger partial charge on any atom is -0.397 e. The fraction of sp³-hybridized carbons (Fsp3) is 0. The van der Waals surface area contributed by atoms with Crippen LogP contribution in [0.15, 0.2) is 18.2 Å². The van der Waals surface area contributed by atoms with E-state index in [-0.39, 0.29) is 16.8 Å². The average molecular weight is 165 g/mol. The molecule has 1 aromatic carbocycles. The molecule has 0 saturated carbocycles. The molecule has 0 bridgehead atoms. The molecule has 0 fully saturated rings. The second kappa shape index (κ2) is 2.46. The Morgan fingerprint density at radius 2 is 2.44 bits per heavy atom. The van der Waals surface area contributed by atoms with E-state index in [4.69, 9.17) is 27.4 Å². The van der Waals surface area contributed by atoms with Gasteiger partial charge in [-0.1, -0.05) is 23.2 Å². The highest BCUT2D eigenvalue weighted by Crippen LogP contribution is 2.21. The van der Waals surface area contributed by atoms with Crippen LogP contribution in [0.3, 0.4) is 0 Å². The molecule has 2 N–H and O–H groups in total. The molecule has 1 aromatic rings. The molecule has 9 heavy (non-hydrogen) atoms. The second-order valence-electron chi connectivity index (χ2n) is 1.52. The Hall–Kier alpha value is -0.400. The first-order chi connectivity index (χ1) is 5.52. The van der Waals surface area contributed by atoms with E-state index in [1.807, 2.05) is 0 Å². The fourth-order valence-electron chi connectivity index (χ4n) is 0.442. The highest BCUT2D eigenvalue weighted by molar-refractivity contribution is 6.35. The average Bonchev–Trinajstić information content (AvgIpc) is 1.96. The molecular weight excluding hydrogens is 157 g/mol. The summed E-state index contributed by atoms with van der Waals surface area (Å²) in [4.78, 5) is 0. The Kier molecular flexibility index (Phi) is 1.01. The minimum absolute atomic E-state index is 0.0173. The van der Waals surface area contributed by atoms with Gasteiger partial charge in [-0.25, -0.2) is 0 Å². The first kappa shape index (κ1) is 3.69. The zero-order valence-electron chi connectivity index (χ0n) is 7.36. The summed E-state index contributed by atoms with van der Waals surface area (Å²) in [6, 6.07) is 2.74. The third kappa shape index (κ3) is 1.50. The molecule has 1 rings (SSSR count). The SMILES string of the molecule is [2H]c1cc(Cl)cc(N([2H])[2H])c1Cl. The number of hydrogen-bond acceptors (Lipinski definition) is 1. The normalized spacial score (nSPS) is 13.8. The van der Waals surface area contributed by atoms with Crippen LogP contribution in [-0.2, 0) is 0 Å². The molecule has 0 aliphatic rings. The molecule has 0 radical (unpaired) electrons. The van der Waals surface area contributed by atoms with Crippen LogP contribution in [0.1, 0.15) is 1.37 Å². The van der Waals surface area contributed by atoms with Crippen molar-refractivity contribution < 1.29 is 4.19 Å². The number of halogens is 2. The molecule has 0 unspecified atom stereocenters. The van der Waals surface area contributed by atoms with Crippen LogP contribution < -0.4 is 5.72 Å². The highest BCUT2D eigenvalue weighted by atomic mass is 35.5. The number of hydrogen-bond donors (Lipinski definition) is 1. The summed E-state index contributed by atoms with van der Waals surface area (Å²) in [5.41, 5.74) is 0.431. The van der Waals surface area contributed by atoms with E-state index in [0.29, 0.717) is 10.7 Å². The van der Waals surface area contributed by atoms with E-state index in [9.17, 15) is 0 Å². The summed E-state index contributed by atoms with van der Waals surface area (Å²) >= 11 is 11.2. The summed E-state index contributed by atoms with van der Waals surface area (Å²) in [5, 5.41) is 0.355. The summed E-state index contributed by atoms with van der Waals surface area (Å²) in [7, 11) is 0. The number of anilines is 1. The molecule has 0 aromatic heterocycles. The molecule has 0 heterocycles. The largest absolute Gasteiger partial charge is 0.397 e. The van der Waals surface area contributed by atoms with Gasteiger partial charge < -0.3 is 5.72 Å². The Bertz CT molecular complexity index is 303. The van der Waals surface area contributed by atoms with E-state index < -0.39 is 0 Å². The fourth-order valence-corrected chi connectivity index (χ4v) is 0.709. The predicted molar refractivity (Wildman–Crippen MR) is 40.9 cm³/mol. The van der Waals surface area contributed by atoms with E-state index >= 15 is 0 Å². The lowest BCUT2D eigenvalue weighted by Crippen LogP contribution is -1.83. The van der Waals surface area contributed by atoms with Gasteiger partial charge in [0.1, 0.15) is 0 Å². The van der Waals surface area contributed by atoms with Crippen molar-refractivity contribution in [3.05, 3.63) is 28.2 Å². The number of rotatable bonds is 1. The summed E-state index contributed by atoms with van der Waals surface area (Å²) < 4.78 is 21.1. The molecule has 1 nitrogen and oxygen atoms in total. The first-order valence-electron chi connectivity index (χ1n) is 3.65. The molecular formula is C6H5Cl2N. The van der Waals surface area contributed by atoms with Crippen LogP contribution >= 0.6 is 23.2 Å². The van der Waals surface area contributed by atoms with Crippen molar-refractivity contribution in [3.8, 4) is 0 Å². The molecule has 0 amide bonds. The van der Waals surface area contributed by atoms with Gasteiger partial charge in [0.05, 0.1) is 12.1 Å². The van der Waals surface area contributed by atoms with Gasteiger partial charge >= 0.3 is 0 Å². The van der Waals surface area contributed by atoms with Crippen molar-refractivity contribution in [2.24, 2.45) is 0 Å². The first-order valence-corrected chi connectivity index (χ1v) is 3.01. The standard InChI is InChI=1S/C6H5Cl2N/c7-4-1-2-5(8)6(9)3-4/h1-3H,9H2/i2D/hD2. The maximum Gasteiger partial charge on any atom is 0.156 e. The Morgan fingerprint density at radius 1 is 1.67 bits per heavy atom. The number of nitrogens with two attached hydrogens (primary N) is 1. The molecule has 0 saturated heterocycles. The van der Waals surface area contributed by atoms with Crippen LogP contribution in [0, 0.1) is 0 Å². The van der Waals surface area contributed by atoms with E-state index in [1.54, 1.807) is 0 Å². The van der Waals surface area contributed by atoms with E-state index in [1.165, 1.54) is 12.1 Å². The maximum atomic E-state index is 7.28. The molecule has 3 heteroatoms. The van der Waals surface area contributed by atoms with Gasteiger partial charge in [-0.05, 0) is 18.2 Å². The van der Waals surface area contributed by atoms with Gasteiger partial charge in [0.15, 0.2) is 2.82 Å². The van der Waals surface area contributed by atoms with Gasteiger partial charge in [0, 0.05) is 5.02 Å². The third-order valence-electron chi connectivity index (χ3n) is 0.836. The van der Waals surface area contributed by atoms with Crippen LogP contribution in [0.5, 0.6) is 0 Å². The lowest BCUT2D eigenvalue weighted by molar-refractivity contribution is 1.68. The van der Waals surface area contributed by atoms with Crippen molar-refractivity contribution in [2.75, 3.05) is 5.72 Å². The maximum absolute atomic E-state index is 7.28. The molecule has 48 valence electrons. The van der Waals surface area contributed by atoms with E-state index in [0.717, 1.165) is 0 Å². The Labute approximate surface area is 67.7 Å². The summed E-state index contributed by atoms with van der Waals surface area (Å²) in [5.74, 6) is 0. The van der Waals surface area contributed by atoms with Gasteiger partial charge in [-0.15, -0.1) is 0 Å². The monoisotopic (exact) mass is 164 g/mol. The van der Waals surface area contributed by atoms with Gasteiger partial charge in [-0.2, -0.15) is 0 Å². The van der Waals surface area contributed by atoms with Crippen molar-refractivity contribution >= 4 is 28.9 Å². The number of nitrogen functional groups attached to an aromatic ring is 1. The van der Waals surface area contributed by atoms with Crippen LogP contribution in [0.2, 0.25) is 12.9 Å². The quantitative estimate of drug-likeness (QED) is 0.635. The smallest absolute Gasteiger partial charge is 0.156 e. The molecule has 0 spiro atoms. The number of benzene rings is 1. The second-order valence-corrected chi connectivity index (χ2v) is 2.33. The third-order valence-corrected chi connectivity index (χ3v) is 1.36. The Morgan fingerprint density at radius 3 is 3.11 bits per heavy atom. The van der Waals surface area contributed by atoms with Gasteiger partial charge in [0.2, 0.25) is 0 Å². The lowest BCUT2D eigenvalue weighted by Gasteiger charge is -1.95. The highest BCUT2D eigenvalue weighted by Gasteiger charge is 1.93. The Balaban J connectivity index is 3.28. The predicted octanol–water partition coefficient (Wildman–Crippen LogP) is 2.58. The van der Waals surface area contributed by atoms with Crippen molar-refractivity contribution in [3.63, 3.8) is 0 Å². The van der Waals surface area contributed by atoms with Crippen LogP contribution in [-0.4, -0.2) is 0 Å².